The van der Waals surface area contributed by atoms with E-state index in [1.807, 2.05) is 0 Å². The monoisotopic (exact) mass is 284 g/mol. The van der Waals surface area contributed by atoms with Gasteiger partial charge in [-0.05, 0) is 52.1 Å². The van der Waals surface area contributed by atoms with Crippen molar-refractivity contribution in [1.82, 2.24) is 10.2 Å². The molecule has 2 heterocycles. The molecule has 0 aromatic heterocycles. The smallest absolute Gasteiger partial charge is 0.0685 e. The Kier molecular flexibility index (Phi) is 4.42. The van der Waals surface area contributed by atoms with Gasteiger partial charge >= 0.3 is 0 Å². The second-order valence-corrected chi connectivity index (χ2v) is 7.73. The summed E-state index contributed by atoms with van der Waals surface area (Å²) in [4.78, 5) is 2.57. The summed E-state index contributed by atoms with van der Waals surface area (Å²) in [7, 11) is 4.45. The molecule has 2 aliphatic heterocycles. The van der Waals surface area contributed by atoms with Crippen molar-refractivity contribution in [2.45, 2.75) is 49.8 Å². The van der Waals surface area contributed by atoms with E-state index in [4.69, 9.17) is 4.74 Å². The van der Waals surface area contributed by atoms with Gasteiger partial charge < -0.3 is 15.0 Å². The molecule has 0 radical (unpaired) electrons. The average Bonchev–Trinajstić information content (AvgIpc) is 2.40. The number of ether oxygens (including phenoxy) is 1. The van der Waals surface area contributed by atoms with Crippen molar-refractivity contribution in [1.29, 1.82) is 0 Å². The van der Waals surface area contributed by atoms with Crippen LogP contribution < -0.4 is 5.32 Å². The zero-order valence-electron chi connectivity index (χ0n) is 12.4. The summed E-state index contributed by atoms with van der Waals surface area (Å²) in [6, 6.07) is 1.34. The average molecular weight is 284 g/mol. The number of hydrogen-bond acceptors (Lipinski definition) is 4. The van der Waals surface area contributed by atoms with E-state index in [0.29, 0.717) is 12.1 Å². The molecule has 3 atom stereocenters. The SMILES string of the molecule is CNC(C1CCOC2(CCC2)C1)C1CSCCN1C. The molecule has 1 N–H and O–H groups in total. The maximum atomic E-state index is 6.09. The third-order valence-corrected chi connectivity index (χ3v) is 6.54. The molecule has 19 heavy (non-hydrogen) atoms. The minimum atomic E-state index is 0.276. The van der Waals surface area contributed by atoms with Crippen molar-refractivity contribution in [2.75, 3.05) is 38.8 Å². The molecule has 3 aliphatic rings. The first kappa shape index (κ1) is 14.2. The molecule has 110 valence electrons. The summed E-state index contributed by atoms with van der Waals surface area (Å²) < 4.78 is 6.09. The van der Waals surface area contributed by atoms with E-state index in [1.165, 1.54) is 50.2 Å². The highest BCUT2D eigenvalue weighted by molar-refractivity contribution is 7.99. The maximum Gasteiger partial charge on any atom is 0.0685 e. The number of thioether (sulfide) groups is 1. The molecule has 3 fully saturated rings. The van der Waals surface area contributed by atoms with Crippen LogP contribution in [0.2, 0.25) is 0 Å². The Balaban J connectivity index is 1.67. The van der Waals surface area contributed by atoms with Crippen LogP contribution in [0.5, 0.6) is 0 Å². The Morgan fingerprint density at radius 3 is 2.89 bits per heavy atom. The molecule has 3 rings (SSSR count). The second-order valence-electron chi connectivity index (χ2n) is 6.58. The van der Waals surface area contributed by atoms with Crippen molar-refractivity contribution in [2.24, 2.45) is 5.92 Å². The highest BCUT2D eigenvalue weighted by Crippen LogP contribution is 2.45. The zero-order valence-corrected chi connectivity index (χ0v) is 13.2. The van der Waals surface area contributed by atoms with E-state index in [0.717, 1.165) is 12.5 Å². The molecule has 1 saturated carbocycles. The summed E-state index contributed by atoms with van der Waals surface area (Å²) in [5.41, 5.74) is 0.276. The Hall–Kier alpha value is 0.230. The van der Waals surface area contributed by atoms with Crippen LogP contribution in [0, 0.1) is 5.92 Å². The minimum absolute atomic E-state index is 0.276. The van der Waals surface area contributed by atoms with Crippen LogP contribution in [0.4, 0.5) is 0 Å². The van der Waals surface area contributed by atoms with Gasteiger partial charge in [-0.25, -0.2) is 0 Å². The standard InChI is InChI=1S/C15H28N2OS/c1-16-14(13-11-19-9-7-17(13)2)12-4-8-18-15(10-12)5-3-6-15/h12-14,16H,3-11H2,1-2H3. The fraction of sp³-hybridized carbons (Fsp3) is 1.00. The highest BCUT2D eigenvalue weighted by atomic mass is 32.2. The molecule has 0 amide bonds. The first-order valence-corrected chi connectivity index (χ1v) is 8.99. The van der Waals surface area contributed by atoms with E-state index < -0.39 is 0 Å². The summed E-state index contributed by atoms with van der Waals surface area (Å²) in [6.45, 7) is 2.22. The molecular formula is C15H28N2OS. The summed E-state index contributed by atoms with van der Waals surface area (Å²) >= 11 is 2.12. The van der Waals surface area contributed by atoms with Crippen LogP contribution in [0.15, 0.2) is 0 Å². The van der Waals surface area contributed by atoms with Gasteiger partial charge in [-0.15, -0.1) is 0 Å². The zero-order chi connectivity index (χ0) is 13.3. The van der Waals surface area contributed by atoms with Crippen molar-refractivity contribution in [3.05, 3.63) is 0 Å². The molecule has 3 unspecified atom stereocenters. The van der Waals surface area contributed by atoms with Gasteiger partial charge in [0.1, 0.15) is 0 Å². The number of nitrogens with one attached hydrogen (secondary N) is 1. The topological polar surface area (TPSA) is 24.5 Å². The number of nitrogens with zero attached hydrogens (tertiary/aromatic N) is 1. The minimum Gasteiger partial charge on any atom is -0.375 e. The summed E-state index contributed by atoms with van der Waals surface area (Å²) in [6.07, 6.45) is 6.50. The van der Waals surface area contributed by atoms with Crippen LogP contribution in [0.1, 0.15) is 32.1 Å². The Bertz CT molecular complexity index is 309. The third kappa shape index (κ3) is 2.82. The maximum absolute atomic E-state index is 6.09. The number of likely N-dealkylation sites (N-methyl/N-ethyl adjacent to an activating group) is 2. The van der Waals surface area contributed by atoms with Gasteiger partial charge in [0, 0.05) is 36.7 Å². The van der Waals surface area contributed by atoms with Crippen LogP contribution in [0.25, 0.3) is 0 Å². The molecular weight excluding hydrogens is 256 g/mol. The van der Waals surface area contributed by atoms with E-state index in [2.05, 4.69) is 36.1 Å². The van der Waals surface area contributed by atoms with Crippen LogP contribution in [0.3, 0.4) is 0 Å². The highest BCUT2D eigenvalue weighted by Gasteiger charge is 2.45. The molecule has 0 aromatic carbocycles. The fourth-order valence-corrected chi connectivity index (χ4v) is 5.40. The molecule has 3 nitrogen and oxygen atoms in total. The first-order valence-electron chi connectivity index (χ1n) is 7.83. The van der Waals surface area contributed by atoms with E-state index in [-0.39, 0.29) is 5.60 Å². The second kappa shape index (κ2) is 5.92. The van der Waals surface area contributed by atoms with Gasteiger partial charge in [0.15, 0.2) is 0 Å². The van der Waals surface area contributed by atoms with Gasteiger partial charge in [-0.1, -0.05) is 0 Å². The lowest BCUT2D eigenvalue weighted by molar-refractivity contribution is -0.149. The van der Waals surface area contributed by atoms with Gasteiger partial charge in [0.05, 0.1) is 5.60 Å². The van der Waals surface area contributed by atoms with Crippen LogP contribution >= 0.6 is 11.8 Å². The van der Waals surface area contributed by atoms with E-state index >= 15 is 0 Å². The quantitative estimate of drug-likeness (QED) is 0.856. The molecule has 0 aromatic rings. The lowest BCUT2D eigenvalue weighted by Crippen LogP contribution is -2.58. The van der Waals surface area contributed by atoms with Crippen molar-refractivity contribution < 1.29 is 4.74 Å². The number of rotatable bonds is 3. The van der Waals surface area contributed by atoms with E-state index in [9.17, 15) is 0 Å². The van der Waals surface area contributed by atoms with Gasteiger partial charge in [0.25, 0.3) is 0 Å². The predicted molar refractivity (Wildman–Crippen MR) is 81.8 cm³/mol. The van der Waals surface area contributed by atoms with Gasteiger partial charge in [0.2, 0.25) is 0 Å². The van der Waals surface area contributed by atoms with Gasteiger partial charge in [-0.3, -0.25) is 0 Å². The van der Waals surface area contributed by atoms with Gasteiger partial charge in [-0.2, -0.15) is 11.8 Å². The molecule has 0 bridgehead atoms. The molecule has 2 saturated heterocycles. The lowest BCUT2D eigenvalue weighted by Gasteiger charge is -2.51. The van der Waals surface area contributed by atoms with Crippen molar-refractivity contribution in [3.63, 3.8) is 0 Å². The Labute approximate surface area is 121 Å². The normalized spacial score (nSPS) is 36.9. The van der Waals surface area contributed by atoms with Crippen molar-refractivity contribution in [3.8, 4) is 0 Å². The molecule has 4 heteroatoms. The third-order valence-electron chi connectivity index (χ3n) is 5.49. The predicted octanol–water partition coefficient (Wildman–Crippen LogP) is 1.97. The Morgan fingerprint density at radius 1 is 1.42 bits per heavy atom. The number of hydrogen-bond donors (Lipinski definition) is 1. The molecule has 1 aliphatic carbocycles. The van der Waals surface area contributed by atoms with Crippen LogP contribution in [-0.4, -0.2) is 61.3 Å². The molecule has 1 spiro atoms. The summed E-state index contributed by atoms with van der Waals surface area (Å²) in [5, 5.41) is 3.65. The Morgan fingerprint density at radius 2 is 2.26 bits per heavy atom. The van der Waals surface area contributed by atoms with Crippen molar-refractivity contribution >= 4 is 11.8 Å². The largest absolute Gasteiger partial charge is 0.375 e. The van der Waals surface area contributed by atoms with E-state index in [1.54, 1.807) is 0 Å². The fourth-order valence-electron chi connectivity index (χ4n) is 4.12. The first-order chi connectivity index (χ1) is 9.24. The summed E-state index contributed by atoms with van der Waals surface area (Å²) in [5.74, 6) is 3.37. The van der Waals surface area contributed by atoms with Crippen LogP contribution in [-0.2, 0) is 4.74 Å². The lowest BCUT2D eigenvalue weighted by atomic mass is 9.69.